The standard InChI is InChI=1S/C16H12Cl2O3/c17-13-7-6-12(9-14(13)18)15(19)10-21-16(20)8-11-4-2-1-3-5-11/h1-7,9H,8,10H2. The first-order chi connectivity index (χ1) is 10.1. The van der Waals surface area contributed by atoms with Crippen LogP contribution in [0.1, 0.15) is 15.9 Å². The van der Waals surface area contributed by atoms with Crippen molar-refractivity contribution in [2.24, 2.45) is 0 Å². The number of Topliss-reactive ketones (excluding diaryl/α,β-unsaturated/α-hetero) is 1. The first-order valence-electron chi connectivity index (χ1n) is 6.24. The highest BCUT2D eigenvalue weighted by molar-refractivity contribution is 6.42. The molecule has 0 aliphatic carbocycles. The van der Waals surface area contributed by atoms with E-state index in [0.29, 0.717) is 10.6 Å². The second-order valence-electron chi connectivity index (χ2n) is 4.38. The van der Waals surface area contributed by atoms with Gasteiger partial charge in [0.25, 0.3) is 0 Å². The van der Waals surface area contributed by atoms with Crippen molar-refractivity contribution >= 4 is 35.0 Å². The van der Waals surface area contributed by atoms with E-state index in [9.17, 15) is 9.59 Å². The molecule has 0 aliphatic rings. The van der Waals surface area contributed by atoms with Crippen LogP contribution in [0, 0.1) is 0 Å². The maximum Gasteiger partial charge on any atom is 0.310 e. The molecule has 0 radical (unpaired) electrons. The molecular weight excluding hydrogens is 311 g/mol. The van der Waals surface area contributed by atoms with Crippen molar-refractivity contribution in [1.82, 2.24) is 0 Å². The van der Waals surface area contributed by atoms with E-state index in [1.165, 1.54) is 12.1 Å². The highest BCUT2D eigenvalue weighted by atomic mass is 35.5. The minimum atomic E-state index is -0.449. The van der Waals surface area contributed by atoms with Gasteiger partial charge in [-0.05, 0) is 23.8 Å². The molecule has 0 saturated heterocycles. The van der Waals surface area contributed by atoms with E-state index >= 15 is 0 Å². The van der Waals surface area contributed by atoms with Crippen LogP contribution >= 0.6 is 23.2 Å². The SMILES string of the molecule is O=C(Cc1ccccc1)OCC(=O)c1ccc(Cl)c(Cl)c1. The maximum absolute atomic E-state index is 11.9. The van der Waals surface area contributed by atoms with Gasteiger partial charge in [-0.2, -0.15) is 0 Å². The van der Waals surface area contributed by atoms with Crippen LogP contribution in [0.5, 0.6) is 0 Å². The molecule has 5 heteroatoms. The van der Waals surface area contributed by atoms with Gasteiger partial charge in [-0.1, -0.05) is 53.5 Å². The van der Waals surface area contributed by atoms with Crippen LogP contribution in [0.2, 0.25) is 10.0 Å². The molecule has 0 N–H and O–H groups in total. The van der Waals surface area contributed by atoms with Crippen LogP contribution in [0.15, 0.2) is 48.5 Å². The van der Waals surface area contributed by atoms with Crippen LogP contribution in [0.25, 0.3) is 0 Å². The fourth-order valence-corrected chi connectivity index (χ4v) is 2.01. The first kappa shape index (κ1) is 15.5. The number of ether oxygens (including phenoxy) is 1. The van der Waals surface area contributed by atoms with Gasteiger partial charge in [-0.25, -0.2) is 0 Å². The van der Waals surface area contributed by atoms with E-state index in [0.717, 1.165) is 5.56 Å². The zero-order valence-electron chi connectivity index (χ0n) is 11.0. The summed E-state index contributed by atoms with van der Waals surface area (Å²) in [5.41, 5.74) is 1.20. The van der Waals surface area contributed by atoms with Gasteiger partial charge < -0.3 is 4.74 Å². The summed E-state index contributed by atoms with van der Waals surface area (Å²) in [6.07, 6.45) is 0.134. The van der Waals surface area contributed by atoms with Crippen molar-refractivity contribution in [3.05, 3.63) is 69.7 Å². The van der Waals surface area contributed by atoms with Gasteiger partial charge in [-0.3, -0.25) is 9.59 Å². The second-order valence-corrected chi connectivity index (χ2v) is 5.19. The number of halogens is 2. The van der Waals surface area contributed by atoms with Crippen molar-refractivity contribution in [2.45, 2.75) is 6.42 Å². The fourth-order valence-electron chi connectivity index (χ4n) is 1.71. The molecule has 21 heavy (non-hydrogen) atoms. The zero-order chi connectivity index (χ0) is 15.2. The summed E-state index contributed by atoms with van der Waals surface area (Å²) in [5.74, 6) is -0.774. The van der Waals surface area contributed by atoms with E-state index in [1.54, 1.807) is 6.07 Å². The van der Waals surface area contributed by atoms with Gasteiger partial charge >= 0.3 is 5.97 Å². The largest absolute Gasteiger partial charge is 0.457 e. The first-order valence-corrected chi connectivity index (χ1v) is 6.99. The Labute approximate surface area is 132 Å². The number of esters is 1. The monoisotopic (exact) mass is 322 g/mol. The predicted octanol–water partition coefficient (Wildman–Crippen LogP) is 3.96. The summed E-state index contributed by atoms with van der Waals surface area (Å²) in [7, 11) is 0. The highest BCUT2D eigenvalue weighted by Crippen LogP contribution is 2.22. The van der Waals surface area contributed by atoms with E-state index in [4.69, 9.17) is 27.9 Å². The molecule has 0 fully saturated rings. The number of carbonyl (C=O) groups excluding carboxylic acids is 2. The van der Waals surface area contributed by atoms with Crippen LogP contribution < -0.4 is 0 Å². The average molecular weight is 323 g/mol. The van der Waals surface area contributed by atoms with Gasteiger partial charge in [0.1, 0.15) is 0 Å². The Bertz CT molecular complexity index is 654. The summed E-state index contributed by atoms with van der Waals surface area (Å²) in [6, 6.07) is 13.7. The third-order valence-electron chi connectivity index (χ3n) is 2.80. The van der Waals surface area contributed by atoms with Gasteiger partial charge in [0.05, 0.1) is 16.5 Å². The fraction of sp³-hybridized carbons (Fsp3) is 0.125. The second kappa shape index (κ2) is 7.25. The lowest BCUT2D eigenvalue weighted by atomic mass is 10.1. The van der Waals surface area contributed by atoms with Gasteiger partial charge in [0.2, 0.25) is 0 Å². The molecule has 0 aromatic heterocycles. The van der Waals surface area contributed by atoms with Crippen molar-refractivity contribution in [1.29, 1.82) is 0 Å². The van der Waals surface area contributed by atoms with E-state index in [-0.39, 0.29) is 23.8 Å². The molecule has 0 spiro atoms. The molecular formula is C16H12Cl2O3. The van der Waals surface area contributed by atoms with Crippen LogP contribution in [0.4, 0.5) is 0 Å². The Hall–Kier alpha value is -1.84. The van der Waals surface area contributed by atoms with Crippen molar-refractivity contribution < 1.29 is 14.3 Å². The molecule has 2 aromatic rings. The number of hydrogen-bond donors (Lipinski definition) is 0. The lowest BCUT2D eigenvalue weighted by Crippen LogP contribution is -2.15. The number of ketones is 1. The van der Waals surface area contributed by atoms with Crippen LogP contribution in [-0.2, 0) is 16.0 Å². The summed E-state index contributed by atoms with van der Waals surface area (Å²) >= 11 is 11.6. The molecule has 0 atom stereocenters. The summed E-state index contributed by atoms with van der Waals surface area (Å²) in [4.78, 5) is 23.5. The molecule has 2 rings (SSSR count). The summed E-state index contributed by atoms with van der Waals surface area (Å²) < 4.78 is 4.97. The molecule has 0 unspecified atom stereocenters. The molecule has 0 saturated carbocycles. The Morgan fingerprint density at radius 1 is 0.952 bits per heavy atom. The van der Waals surface area contributed by atoms with E-state index < -0.39 is 5.97 Å². The Balaban J connectivity index is 1.89. The van der Waals surface area contributed by atoms with Gasteiger partial charge in [0, 0.05) is 5.56 Å². The van der Waals surface area contributed by atoms with Gasteiger partial charge in [-0.15, -0.1) is 0 Å². The minimum Gasteiger partial charge on any atom is -0.457 e. The molecule has 0 amide bonds. The normalized spacial score (nSPS) is 10.2. The Morgan fingerprint density at radius 3 is 2.33 bits per heavy atom. The van der Waals surface area contributed by atoms with Crippen LogP contribution in [-0.4, -0.2) is 18.4 Å². The summed E-state index contributed by atoms with van der Waals surface area (Å²) in [5, 5.41) is 0.660. The predicted molar refractivity (Wildman–Crippen MR) is 81.9 cm³/mol. The number of hydrogen-bond acceptors (Lipinski definition) is 3. The highest BCUT2D eigenvalue weighted by Gasteiger charge is 2.11. The third-order valence-corrected chi connectivity index (χ3v) is 3.54. The topological polar surface area (TPSA) is 43.4 Å². The van der Waals surface area contributed by atoms with Crippen molar-refractivity contribution in [3.8, 4) is 0 Å². The summed E-state index contributed by atoms with van der Waals surface area (Å²) in [6.45, 7) is -0.316. The van der Waals surface area contributed by atoms with Crippen LogP contribution in [0.3, 0.4) is 0 Å². The maximum atomic E-state index is 11.9. The molecule has 2 aromatic carbocycles. The number of carbonyl (C=O) groups is 2. The lowest BCUT2D eigenvalue weighted by molar-refractivity contribution is -0.141. The Kier molecular flexibility index (Phi) is 5.37. The van der Waals surface area contributed by atoms with E-state index in [2.05, 4.69) is 0 Å². The lowest BCUT2D eigenvalue weighted by Gasteiger charge is -2.05. The molecule has 0 bridgehead atoms. The Morgan fingerprint density at radius 2 is 1.67 bits per heavy atom. The molecule has 0 heterocycles. The zero-order valence-corrected chi connectivity index (χ0v) is 12.5. The molecule has 0 aliphatic heterocycles. The van der Waals surface area contributed by atoms with Crippen molar-refractivity contribution in [2.75, 3.05) is 6.61 Å². The molecule has 3 nitrogen and oxygen atoms in total. The van der Waals surface area contributed by atoms with E-state index in [1.807, 2.05) is 30.3 Å². The smallest absolute Gasteiger partial charge is 0.310 e. The number of benzene rings is 2. The minimum absolute atomic E-state index is 0.134. The quantitative estimate of drug-likeness (QED) is 0.618. The number of rotatable bonds is 5. The third kappa shape index (κ3) is 4.59. The molecule has 108 valence electrons. The average Bonchev–Trinajstić information content (AvgIpc) is 2.48. The van der Waals surface area contributed by atoms with Crippen molar-refractivity contribution in [3.63, 3.8) is 0 Å². The van der Waals surface area contributed by atoms with Gasteiger partial charge in [0.15, 0.2) is 12.4 Å².